The number of rotatable bonds is 3. The van der Waals surface area contributed by atoms with Crippen LogP contribution in [0.2, 0.25) is 0 Å². The predicted octanol–water partition coefficient (Wildman–Crippen LogP) is 3.15. The lowest BCUT2D eigenvalue weighted by molar-refractivity contribution is -0.385. The van der Waals surface area contributed by atoms with Crippen LogP contribution in [0.25, 0.3) is 0 Å². The minimum atomic E-state index is -0.518. The van der Waals surface area contributed by atoms with Crippen LogP contribution in [0.5, 0.6) is 0 Å². The molecule has 0 aliphatic carbocycles. The molecule has 1 aliphatic rings. The first kappa shape index (κ1) is 14.4. The lowest BCUT2D eigenvalue weighted by Gasteiger charge is -2.13. The molecule has 0 N–H and O–H groups in total. The summed E-state index contributed by atoms with van der Waals surface area (Å²) in [5.74, 6) is -0.766. The number of nitro benzene ring substituents is 1. The molecule has 0 saturated heterocycles. The molecule has 2 amide bonds. The van der Waals surface area contributed by atoms with E-state index >= 15 is 0 Å². The normalized spacial score (nSPS) is 13.4. The van der Waals surface area contributed by atoms with Crippen LogP contribution < -0.4 is 0 Å². The fraction of sp³-hybridized carbons (Fsp3) is 0.0667. The Morgan fingerprint density at radius 2 is 1.64 bits per heavy atom. The maximum Gasteiger partial charge on any atom is 0.283 e. The van der Waals surface area contributed by atoms with E-state index in [1.165, 1.54) is 12.1 Å². The van der Waals surface area contributed by atoms with Crippen molar-refractivity contribution < 1.29 is 14.5 Å². The van der Waals surface area contributed by atoms with Gasteiger partial charge in [-0.3, -0.25) is 24.6 Å². The van der Waals surface area contributed by atoms with Crippen LogP contribution in [0, 0.1) is 10.1 Å². The number of amides is 2. The van der Waals surface area contributed by atoms with E-state index in [9.17, 15) is 19.7 Å². The number of benzene rings is 2. The van der Waals surface area contributed by atoms with Gasteiger partial charge in [-0.2, -0.15) is 0 Å². The highest BCUT2D eigenvalue weighted by Gasteiger charge is 2.35. The van der Waals surface area contributed by atoms with Gasteiger partial charge in [-0.05, 0) is 39.7 Å². The number of carbonyl (C=O) groups is 2. The first-order valence-corrected chi connectivity index (χ1v) is 7.16. The van der Waals surface area contributed by atoms with Crippen LogP contribution in [0.1, 0.15) is 26.3 Å². The lowest BCUT2D eigenvalue weighted by Crippen LogP contribution is -2.29. The summed E-state index contributed by atoms with van der Waals surface area (Å²) in [5.41, 5.74) is 1.14. The second-order valence-electron chi connectivity index (χ2n) is 4.78. The van der Waals surface area contributed by atoms with Crippen molar-refractivity contribution in [2.24, 2.45) is 0 Å². The van der Waals surface area contributed by atoms with E-state index in [0.717, 1.165) is 4.90 Å². The average Bonchev–Trinajstić information content (AvgIpc) is 2.74. The Hall–Kier alpha value is -2.54. The predicted molar refractivity (Wildman–Crippen MR) is 81.4 cm³/mol. The number of hydrogen-bond donors (Lipinski definition) is 0. The van der Waals surface area contributed by atoms with Crippen molar-refractivity contribution in [1.29, 1.82) is 0 Å². The summed E-state index contributed by atoms with van der Waals surface area (Å²) in [6.45, 7) is 0.000463. The smallest absolute Gasteiger partial charge is 0.270 e. The maximum atomic E-state index is 12.3. The molecule has 0 bridgehead atoms. The number of nitrogens with zero attached hydrogens (tertiary/aromatic N) is 2. The topological polar surface area (TPSA) is 80.5 Å². The number of hydrogen-bond acceptors (Lipinski definition) is 4. The molecule has 3 rings (SSSR count). The Bertz CT molecular complexity index is 784. The van der Waals surface area contributed by atoms with Gasteiger partial charge in [-0.25, -0.2) is 0 Å². The number of carbonyl (C=O) groups excluding carboxylic acids is 2. The van der Waals surface area contributed by atoms with Crippen molar-refractivity contribution >= 4 is 33.4 Å². The van der Waals surface area contributed by atoms with Gasteiger partial charge in [0.25, 0.3) is 17.5 Å². The summed E-state index contributed by atoms with van der Waals surface area (Å²) in [7, 11) is 0. The molecule has 0 saturated carbocycles. The van der Waals surface area contributed by atoms with Crippen LogP contribution >= 0.6 is 15.9 Å². The zero-order valence-electron chi connectivity index (χ0n) is 11.2. The van der Waals surface area contributed by atoms with E-state index < -0.39 is 4.92 Å². The molecule has 0 unspecified atom stereocenters. The van der Waals surface area contributed by atoms with E-state index in [4.69, 9.17) is 0 Å². The van der Waals surface area contributed by atoms with Crippen molar-refractivity contribution in [2.75, 3.05) is 0 Å². The second-order valence-corrected chi connectivity index (χ2v) is 5.64. The van der Waals surface area contributed by atoms with E-state index in [1.54, 1.807) is 30.3 Å². The molecule has 1 aliphatic heterocycles. The molecule has 2 aromatic carbocycles. The Kier molecular flexibility index (Phi) is 3.50. The van der Waals surface area contributed by atoms with Crippen molar-refractivity contribution in [3.8, 4) is 0 Å². The van der Waals surface area contributed by atoms with Gasteiger partial charge in [0.1, 0.15) is 0 Å². The molecule has 2 aromatic rings. The Labute approximate surface area is 133 Å². The third kappa shape index (κ3) is 2.29. The van der Waals surface area contributed by atoms with Crippen molar-refractivity contribution in [3.05, 3.63) is 73.7 Å². The van der Waals surface area contributed by atoms with E-state index in [2.05, 4.69) is 15.9 Å². The largest absolute Gasteiger partial charge is 0.283 e. The second kappa shape index (κ2) is 5.34. The summed E-state index contributed by atoms with van der Waals surface area (Å²) in [4.78, 5) is 36.0. The summed E-state index contributed by atoms with van der Waals surface area (Å²) < 4.78 is 0.351. The summed E-state index contributed by atoms with van der Waals surface area (Å²) >= 11 is 3.10. The number of halogens is 1. The van der Waals surface area contributed by atoms with Gasteiger partial charge in [0, 0.05) is 6.07 Å². The highest BCUT2D eigenvalue weighted by atomic mass is 79.9. The molecule has 0 aromatic heterocycles. The Morgan fingerprint density at radius 1 is 1.05 bits per heavy atom. The molecule has 1 heterocycles. The van der Waals surface area contributed by atoms with Gasteiger partial charge >= 0.3 is 0 Å². The standard InChI is InChI=1S/C15H9BrN2O4/c16-12-6-5-9(7-13(12)18(21)22)8-17-14(19)10-3-1-2-4-11(10)15(17)20/h1-7H,8H2. The third-order valence-electron chi connectivity index (χ3n) is 3.43. The molecule has 0 fully saturated rings. The zero-order valence-corrected chi connectivity index (χ0v) is 12.7. The average molecular weight is 361 g/mol. The van der Waals surface area contributed by atoms with Crippen LogP contribution in [-0.4, -0.2) is 21.6 Å². The van der Waals surface area contributed by atoms with E-state index in [1.807, 2.05) is 0 Å². The molecule has 110 valence electrons. The first-order valence-electron chi connectivity index (χ1n) is 6.37. The molecule has 7 heteroatoms. The Balaban J connectivity index is 1.92. The first-order chi connectivity index (χ1) is 10.5. The fourth-order valence-corrected chi connectivity index (χ4v) is 2.75. The molecule has 0 atom stereocenters. The van der Waals surface area contributed by atoms with Crippen molar-refractivity contribution in [3.63, 3.8) is 0 Å². The summed E-state index contributed by atoms with van der Waals surface area (Å²) in [6.07, 6.45) is 0. The third-order valence-corrected chi connectivity index (χ3v) is 4.10. The van der Waals surface area contributed by atoms with Gasteiger partial charge in [0.2, 0.25) is 0 Å². The van der Waals surface area contributed by atoms with Crippen LogP contribution in [0.15, 0.2) is 46.9 Å². The zero-order chi connectivity index (χ0) is 15.9. The van der Waals surface area contributed by atoms with Gasteiger partial charge in [0.05, 0.1) is 27.1 Å². The van der Waals surface area contributed by atoms with Crippen LogP contribution in [0.3, 0.4) is 0 Å². The minimum absolute atomic E-state index is 0.000463. The quantitative estimate of drug-likeness (QED) is 0.478. The SMILES string of the molecule is O=C1c2ccccc2C(=O)N1Cc1ccc(Br)c([N+](=O)[O-])c1. The van der Waals surface area contributed by atoms with Gasteiger partial charge in [0.15, 0.2) is 0 Å². The van der Waals surface area contributed by atoms with Crippen LogP contribution in [0.4, 0.5) is 5.69 Å². The molecule has 6 nitrogen and oxygen atoms in total. The summed E-state index contributed by atoms with van der Waals surface area (Å²) in [6, 6.07) is 11.1. The number of imide groups is 1. The van der Waals surface area contributed by atoms with Gasteiger partial charge in [-0.1, -0.05) is 18.2 Å². The molecule has 0 radical (unpaired) electrons. The highest BCUT2D eigenvalue weighted by Crippen LogP contribution is 2.28. The van der Waals surface area contributed by atoms with Crippen molar-refractivity contribution in [1.82, 2.24) is 4.90 Å². The lowest BCUT2D eigenvalue weighted by atomic mass is 10.1. The van der Waals surface area contributed by atoms with Crippen molar-refractivity contribution in [2.45, 2.75) is 6.54 Å². The minimum Gasteiger partial charge on any atom is -0.270 e. The molecule has 0 spiro atoms. The Morgan fingerprint density at radius 3 is 2.18 bits per heavy atom. The summed E-state index contributed by atoms with van der Waals surface area (Å²) in [5, 5.41) is 10.9. The van der Waals surface area contributed by atoms with E-state index in [-0.39, 0.29) is 24.0 Å². The van der Waals surface area contributed by atoms with Gasteiger partial charge in [-0.15, -0.1) is 0 Å². The molecular weight excluding hydrogens is 352 g/mol. The number of nitro groups is 1. The van der Waals surface area contributed by atoms with Gasteiger partial charge < -0.3 is 0 Å². The monoisotopic (exact) mass is 360 g/mol. The number of fused-ring (bicyclic) bond motifs is 1. The van der Waals surface area contributed by atoms with E-state index in [0.29, 0.717) is 21.2 Å². The fourth-order valence-electron chi connectivity index (χ4n) is 2.36. The van der Waals surface area contributed by atoms with Crippen LogP contribution in [-0.2, 0) is 6.54 Å². The molecule has 22 heavy (non-hydrogen) atoms. The maximum absolute atomic E-state index is 12.3. The molecular formula is C15H9BrN2O4. The highest BCUT2D eigenvalue weighted by molar-refractivity contribution is 9.10.